The van der Waals surface area contributed by atoms with Crippen molar-refractivity contribution in [3.8, 4) is 5.75 Å². The molecule has 0 aliphatic carbocycles. The molecule has 1 N–H and O–H groups in total. The van der Waals surface area contributed by atoms with E-state index in [9.17, 15) is 14.9 Å². The fraction of sp³-hybridized carbons (Fsp3) is 0.300. The molecule has 0 saturated heterocycles. The fourth-order valence-corrected chi connectivity index (χ4v) is 1.77. The van der Waals surface area contributed by atoms with Gasteiger partial charge in [0.1, 0.15) is 0 Å². The molecule has 1 rings (SSSR count). The largest absolute Gasteiger partial charge is 0.490 e. The third-order valence-electron chi connectivity index (χ3n) is 1.98. The third kappa shape index (κ3) is 4.05. The van der Waals surface area contributed by atoms with E-state index in [4.69, 9.17) is 33.0 Å². The molecule has 8 heteroatoms. The van der Waals surface area contributed by atoms with E-state index in [1.807, 2.05) is 0 Å². The van der Waals surface area contributed by atoms with Crippen LogP contribution in [0.5, 0.6) is 5.75 Å². The Morgan fingerprint density at radius 1 is 1.39 bits per heavy atom. The number of carboxylic acids is 1. The Hall–Kier alpha value is -1.53. The number of non-ortho nitro benzene ring substituents is 1. The van der Waals surface area contributed by atoms with E-state index in [2.05, 4.69) is 0 Å². The lowest BCUT2D eigenvalue weighted by Crippen LogP contribution is -2.03. The molecule has 0 atom stereocenters. The van der Waals surface area contributed by atoms with Gasteiger partial charge in [0.2, 0.25) is 0 Å². The van der Waals surface area contributed by atoms with Gasteiger partial charge in [0, 0.05) is 18.6 Å². The molecule has 1 aromatic carbocycles. The number of aliphatic carboxylic acids is 1. The van der Waals surface area contributed by atoms with Crippen molar-refractivity contribution in [3.05, 3.63) is 32.3 Å². The summed E-state index contributed by atoms with van der Waals surface area (Å²) < 4.78 is 5.20. The van der Waals surface area contributed by atoms with Gasteiger partial charge >= 0.3 is 5.97 Å². The number of carboxylic acid groups (broad SMARTS) is 1. The van der Waals surface area contributed by atoms with Gasteiger partial charge in [-0.3, -0.25) is 14.9 Å². The topological polar surface area (TPSA) is 89.7 Å². The van der Waals surface area contributed by atoms with Crippen molar-refractivity contribution in [3.63, 3.8) is 0 Å². The van der Waals surface area contributed by atoms with E-state index in [1.165, 1.54) is 0 Å². The van der Waals surface area contributed by atoms with Crippen LogP contribution >= 0.6 is 23.2 Å². The molecule has 0 fully saturated rings. The number of rotatable bonds is 6. The zero-order chi connectivity index (χ0) is 13.7. The van der Waals surface area contributed by atoms with Gasteiger partial charge in [-0.2, -0.15) is 0 Å². The normalized spacial score (nSPS) is 10.1. The molecule has 0 unspecified atom stereocenters. The van der Waals surface area contributed by atoms with Crippen LogP contribution in [0.2, 0.25) is 10.0 Å². The monoisotopic (exact) mass is 293 g/mol. The molecule has 1 aromatic rings. The Labute approximate surface area is 112 Å². The Morgan fingerprint density at radius 2 is 1.94 bits per heavy atom. The van der Waals surface area contributed by atoms with Crippen LogP contribution in [0.1, 0.15) is 12.8 Å². The van der Waals surface area contributed by atoms with Crippen LogP contribution < -0.4 is 4.74 Å². The minimum Gasteiger partial charge on any atom is -0.490 e. The molecular weight excluding hydrogens is 285 g/mol. The van der Waals surface area contributed by atoms with Crippen molar-refractivity contribution >= 4 is 34.9 Å². The van der Waals surface area contributed by atoms with E-state index < -0.39 is 10.9 Å². The molecule has 0 spiro atoms. The molecule has 0 radical (unpaired) electrons. The molecule has 0 bridgehead atoms. The number of nitro benzene ring substituents is 1. The lowest BCUT2D eigenvalue weighted by Gasteiger charge is -2.09. The molecule has 0 saturated carbocycles. The van der Waals surface area contributed by atoms with Crippen molar-refractivity contribution in [1.29, 1.82) is 0 Å². The molecule has 0 heterocycles. The maximum atomic E-state index is 10.5. The summed E-state index contributed by atoms with van der Waals surface area (Å²) in [5, 5.41) is 19.0. The van der Waals surface area contributed by atoms with Crippen molar-refractivity contribution in [2.75, 3.05) is 6.61 Å². The number of ether oxygens (including phenoxy) is 1. The van der Waals surface area contributed by atoms with E-state index >= 15 is 0 Å². The van der Waals surface area contributed by atoms with E-state index in [0.29, 0.717) is 6.42 Å². The highest BCUT2D eigenvalue weighted by Gasteiger charge is 2.15. The summed E-state index contributed by atoms with van der Waals surface area (Å²) in [6, 6.07) is 2.25. The number of nitro groups is 1. The third-order valence-corrected chi connectivity index (χ3v) is 2.54. The van der Waals surface area contributed by atoms with Gasteiger partial charge < -0.3 is 9.84 Å². The van der Waals surface area contributed by atoms with Crippen molar-refractivity contribution in [2.24, 2.45) is 0 Å². The first kappa shape index (κ1) is 14.5. The predicted octanol–water partition coefficient (Wildman–Crippen LogP) is 3.15. The number of hydrogen-bond donors (Lipinski definition) is 1. The van der Waals surface area contributed by atoms with E-state index in [0.717, 1.165) is 12.1 Å². The smallest absolute Gasteiger partial charge is 0.303 e. The SMILES string of the molecule is O=C(O)CCCOc1c(Cl)cc([N+](=O)[O-])cc1Cl. The van der Waals surface area contributed by atoms with Crippen LogP contribution in [0.15, 0.2) is 12.1 Å². The molecule has 0 aliphatic rings. The summed E-state index contributed by atoms with van der Waals surface area (Å²) >= 11 is 11.6. The highest BCUT2D eigenvalue weighted by atomic mass is 35.5. The Kier molecular flexibility index (Phi) is 5.18. The molecule has 0 aliphatic heterocycles. The van der Waals surface area contributed by atoms with Gasteiger partial charge in [0.25, 0.3) is 5.69 Å². The Morgan fingerprint density at radius 3 is 2.39 bits per heavy atom. The minimum absolute atomic E-state index is 0.0181. The van der Waals surface area contributed by atoms with Gasteiger partial charge in [0.15, 0.2) is 5.75 Å². The van der Waals surface area contributed by atoms with Gasteiger partial charge in [-0.1, -0.05) is 23.2 Å². The summed E-state index contributed by atoms with van der Waals surface area (Å²) in [5.41, 5.74) is -0.233. The first-order valence-corrected chi connectivity index (χ1v) is 5.65. The molecule has 0 aromatic heterocycles. The summed E-state index contributed by atoms with van der Waals surface area (Å²) in [5.74, 6) is -0.811. The van der Waals surface area contributed by atoms with Crippen LogP contribution in [-0.4, -0.2) is 22.6 Å². The zero-order valence-corrected chi connectivity index (χ0v) is 10.6. The second-order valence-electron chi connectivity index (χ2n) is 3.34. The number of hydrogen-bond acceptors (Lipinski definition) is 4. The highest BCUT2D eigenvalue weighted by Crippen LogP contribution is 2.36. The van der Waals surface area contributed by atoms with Crippen LogP contribution in [0, 0.1) is 10.1 Å². The molecule has 98 valence electrons. The Bertz CT molecular complexity index is 454. The number of nitrogens with zero attached hydrogens (tertiary/aromatic N) is 1. The average Bonchev–Trinajstić information content (AvgIpc) is 2.26. The molecule has 6 nitrogen and oxygen atoms in total. The highest BCUT2D eigenvalue weighted by molar-refractivity contribution is 6.37. The van der Waals surface area contributed by atoms with Gasteiger partial charge in [-0.15, -0.1) is 0 Å². The first-order chi connectivity index (χ1) is 8.41. The molecular formula is C10H9Cl2NO5. The summed E-state index contributed by atoms with van der Waals surface area (Å²) in [6.07, 6.45) is 0.251. The van der Waals surface area contributed by atoms with Crippen LogP contribution in [0.25, 0.3) is 0 Å². The van der Waals surface area contributed by atoms with Crippen molar-refractivity contribution < 1.29 is 19.6 Å². The van der Waals surface area contributed by atoms with Crippen LogP contribution in [0.4, 0.5) is 5.69 Å². The molecule has 18 heavy (non-hydrogen) atoms. The maximum absolute atomic E-state index is 10.5. The quantitative estimate of drug-likeness (QED) is 0.494. The predicted molar refractivity (Wildman–Crippen MR) is 65.5 cm³/mol. The second-order valence-corrected chi connectivity index (χ2v) is 4.16. The van der Waals surface area contributed by atoms with Crippen LogP contribution in [0.3, 0.4) is 0 Å². The first-order valence-electron chi connectivity index (χ1n) is 4.90. The number of carbonyl (C=O) groups is 1. The lowest BCUT2D eigenvalue weighted by molar-refractivity contribution is -0.384. The summed E-state index contributed by atoms with van der Waals surface area (Å²) in [6.45, 7) is 0.115. The standard InChI is InChI=1S/C10H9Cl2NO5/c11-7-4-6(13(16)17)5-8(12)10(7)18-3-1-2-9(14)15/h4-5H,1-3H2,(H,14,15). The second kappa shape index (κ2) is 6.42. The van der Waals surface area contributed by atoms with E-state index in [-0.39, 0.29) is 34.5 Å². The van der Waals surface area contributed by atoms with Crippen LogP contribution in [-0.2, 0) is 4.79 Å². The van der Waals surface area contributed by atoms with Gasteiger partial charge in [0.05, 0.1) is 21.6 Å². The average molecular weight is 294 g/mol. The molecule has 0 amide bonds. The van der Waals surface area contributed by atoms with Crippen molar-refractivity contribution in [2.45, 2.75) is 12.8 Å². The zero-order valence-electron chi connectivity index (χ0n) is 9.06. The summed E-state index contributed by atoms with van der Waals surface area (Å²) in [4.78, 5) is 20.2. The number of halogens is 2. The Balaban J connectivity index is 2.72. The minimum atomic E-state index is -0.931. The maximum Gasteiger partial charge on any atom is 0.303 e. The van der Waals surface area contributed by atoms with Gasteiger partial charge in [-0.25, -0.2) is 0 Å². The van der Waals surface area contributed by atoms with Crippen molar-refractivity contribution in [1.82, 2.24) is 0 Å². The van der Waals surface area contributed by atoms with E-state index in [1.54, 1.807) is 0 Å². The van der Waals surface area contributed by atoms with Gasteiger partial charge in [-0.05, 0) is 6.42 Å². The lowest BCUT2D eigenvalue weighted by atomic mass is 10.3. The summed E-state index contributed by atoms with van der Waals surface area (Å²) in [7, 11) is 0. The number of benzene rings is 1. The fourth-order valence-electron chi connectivity index (χ4n) is 1.19.